The third-order valence-electron chi connectivity index (χ3n) is 4.15. The lowest BCUT2D eigenvalue weighted by atomic mass is 10.0. The summed E-state index contributed by atoms with van der Waals surface area (Å²) in [4.78, 5) is 44.7. The van der Waals surface area contributed by atoms with Crippen molar-refractivity contribution in [3.63, 3.8) is 0 Å². The van der Waals surface area contributed by atoms with E-state index in [4.69, 9.17) is 9.47 Å². The number of aromatic nitrogens is 2. The van der Waals surface area contributed by atoms with Crippen molar-refractivity contribution in [3.8, 4) is 11.1 Å². The zero-order chi connectivity index (χ0) is 22.8. The molecule has 166 valence electrons. The summed E-state index contributed by atoms with van der Waals surface area (Å²) in [5.74, 6) is -1.24. The van der Waals surface area contributed by atoms with Crippen molar-refractivity contribution >= 4 is 40.1 Å². The number of carbonyl (C=O) groups is 3. The molecule has 3 rings (SSSR count). The second kappa shape index (κ2) is 11.6. The van der Waals surface area contributed by atoms with Crippen molar-refractivity contribution in [3.05, 3.63) is 59.7 Å². The van der Waals surface area contributed by atoms with E-state index in [0.717, 1.165) is 5.56 Å². The highest BCUT2D eigenvalue weighted by molar-refractivity contribution is 7.15. The van der Waals surface area contributed by atoms with Gasteiger partial charge < -0.3 is 20.1 Å². The van der Waals surface area contributed by atoms with E-state index in [9.17, 15) is 14.4 Å². The number of hydrogen-bond donors (Lipinski definition) is 2. The fourth-order valence-corrected chi connectivity index (χ4v) is 3.71. The van der Waals surface area contributed by atoms with Crippen LogP contribution in [0.25, 0.3) is 11.1 Å². The van der Waals surface area contributed by atoms with Gasteiger partial charge in [0.25, 0.3) is 5.91 Å². The summed E-state index contributed by atoms with van der Waals surface area (Å²) in [5.41, 5.74) is 1.76. The first-order valence-electron chi connectivity index (χ1n) is 9.89. The number of nitrogens with zero attached hydrogens (tertiary/aromatic N) is 2. The van der Waals surface area contributed by atoms with Crippen molar-refractivity contribution in [1.29, 1.82) is 0 Å². The molecular formula is C22H22N4O5S. The Labute approximate surface area is 188 Å². The number of nitrogens with one attached hydrogen (secondary N) is 2. The summed E-state index contributed by atoms with van der Waals surface area (Å²) in [6, 6.07) is 11.0. The number of benzene rings is 1. The highest BCUT2D eigenvalue weighted by Crippen LogP contribution is 2.36. The maximum Gasteiger partial charge on any atom is 0.341 e. The van der Waals surface area contributed by atoms with E-state index in [2.05, 4.69) is 20.6 Å². The number of amides is 1. The van der Waals surface area contributed by atoms with Crippen LogP contribution in [-0.4, -0.2) is 47.6 Å². The molecule has 0 atom stereocenters. The van der Waals surface area contributed by atoms with E-state index in [0.29, 0.717) is 16.5 Å². The van der Waals surface area contributed by atoms with E-state index < -0.39 is 24.5 Å². The Morgan fingerprint density at radius 2 is 1.78 bits per heavy atom. The van der Waals surface area contributed by atoms with Gasteiger partial charge in [-0.2, -0.15) is 0 Å². The molecule has 1 aromatic carbocycles. The fourth-order valence-electron chi connectivity index (χ4n) is 2.73. The molecule has 0 spiro atoms. The summed E-state index contributed by atoms with van der Waals surface area (Å²) in [7, 11) is 0. The molecule has 0 aliphatic heterocycles. The zero-order valence-electron chi connectivity index (χ0n) is 17.4. The van der Waals surface area contributed by atoms with Gasteiger partial charge in [0.2, 0.25) is 5.95 Å². The van der Waals surface area contributed by atoms with Gasteiger partial charge in [0, 0.05) is 29.9 Å². The van der Waals surface area contributed by atoms with Crippen molar-refractivity contribution in [2.24, 2.45) is 0 Å². The Bertz CT molecular complexity index is 1060. The molecule has 2 aromatic heterocycles. The van der Waals surface area contributed by atoms with Gasteiger partial charge >= 0.3 is 11.9 Å². The summed E-state index contributed by atoms with van der Waals surface area (Å²) in [6.07, 6.45) is 3.20. The standard InChI is InChI=1S/C22H22N4O5S/c1-2-30-21(29)19-16(15-7-4-3-5-8-15)14-32-20(19)26-17(27)13-31-18(28)9-12-25-22-23-10-6-11-24-22/h3-8,10-11,14H,2,9,12-13H2,1H3,(H,26,27)(H,23,24,25). The molecule has 0 saturated carbocycles. The largest absolute Gasteiger partial charge is 0.462 e. The maximum atomic E-state index is 12.5. The average Bonchev–Trinajstić information content (AvgIpc) is 3.23. The third kappa shape index (κ3) is 6.35. The average molecular weight is 455 g/mol. The lowest BCUT2D eigenvalue weighted by molar-refractivity contribution is -0.147. The second-order valence-electron chi connectivity index (χ2n) is 6.40. The molecular weight excluding hydrogens is 432 g/mol. The van der Waals surface area contributed by atoms with Crippen LogP contribution in [0, 0.1) is 0 Å². The van der Waals surface area contributed by atoms with Crippen LogP contribution in [0.2, 0.25) is 0 Å². The van der Waals surface area contributed by atoms with Gasteiger partial charge in [-0.05, 0) is 18.6 Å². The zero-order valence-corrected chi connectivity index (χ0v) is 18.2. The molecule has 3 aromatic rings. The highest BCUT2D eigenvalue weighted by atomic mass is 32.1. The number of rotatable bonds is 10. The van der Waals surface area contributed by atoms with Gasteiger partial charge in [0.15, 0.2) is 6.61 Å². The Kier molecular flexibility index (Phi) is 8.27. The van der Waals surface area contributed by atoms with Gasteiger partial charge in [-0.1, -0.05) is 30.3 Å². The molecule has 10 heteroatoms. The van der Waals surface area contributed by atoms with Gasteiger partial charge in [0.1, 0.15) is 10.6 Å². The van der Waals surface area contributed by atoms with Crippen LogP contribution < -0.4 is 10.6 Å². The van der Waals surface area contributed by atoms with E-state index >= 15 is 0 Å². The van der Waals surface area contributed by atoms with E-state index in [1.165, 1.54) is 11.3 Å². The first kappa shape index (κ1) is 22.9. The van der Waals surface area contributed by atoms with Crippen LogP contribution in [-0.2, 0) is 19.1 Å². The number of esters is 2. The summed E-state index contributed by atoms with van der Waals surface area (Å²) < 4.78 is 10.2. The van der Waals surface area contributed by atoms with Crippen LogP contribution in [0.15, 0.2) is 54.2 Å². The van der Waals surface area contributed by atoms with Gasteiger partial charge in [-0.15, -0.1) is 11.3 Å². The van der Waals surface area contributed by atoms with Crippen molar-refractivity contribution < 1.29 is 23.9 Å². The van der Waals surface area contributed by atoms with Gasteiger partial charge in [-0.3, -0.25) is 9.59 Å². The molecule has 0 bridgehead atoms. The summed E-state index contributed by atoms with van der Waals surface area (Å²) in [6.45, 7) is 1.71. The number of hydrogen-bond acceptors (Lipinski definition) is 9. The molecule has 9 nitrogen and oxygen atoms in total. The molecule has 0 aliphatic rings. The third-order valence-corrected chi connectivity index (χ3v) is 5.05. The highest BCUT2D eigenvalue weighted by Gasteiger charge is 2.23. The summed E-state index contributed by atoms with van der Waals surface area (Å²) in [5, 5.41) is 7.64. The topological polar surface area (TPSA) is 120 Å². The molecule has 0 unspecified atom stereocenters. The first-order valence-corrected chi connectivity index (χ1v) is 10.8. The minimum absolute atomic E-state index is 0.0385. The second-order valence-corrected chi connectivity index (χ2v) is 7.28. The monoisotopic (exact) mass is 454 g/mol. The molecule has 1 amide bonds. The number of anilines is 2. The van der Waals surface area contributed by atoms with Gasteiger partial charge in [-0.25, -0.2) is 14.8 Å². The molecule has 0 aliphatic carbocycles. The van der Waals surface area contributed by atoms with Crippen LogP contribution in [0.5, 0.6) is 0 Å². The minimum atomic E-state index is -0.551. The van der Waals surface area contributed by atoms with Crippen molar-refractivity contribution in [2.75, 3.05) is 30.4 Å². The predicted octanol–water partition coefficient (Wildman–Crippen LogP) is 3.37. The SMILES string of the molecule is CCOC(=O)c1c(-c2ccccc2)csc1NC(=O)COC(=O)CCNc1ncccn1. The molecule has 0 fully saturated rings. The van der Waals surface area contributed by atoms with Crippen LogP contribution in [0.1, 0.15) is 23.7 Å². The Hall–Kier alpha value is -3.79. The quantitative estimate of drug-likeness (QED) is 0.448. The number of ether oxygens (including phenoxy) is 2. The molecule has 2 N–H and O–H groups in total. The van der Waals surface area contributed by atoms with Crippen LogP contribution >= 0.6 is 11.3 Å². The van der Waals surface area contributed by atoms with E-state index in [1.54, 1.807) is 30.8 Å². The maximum absolute atomic E-state index is 12.5. The molecule has 2 heterocycles. The van der Waals surface area contributed by atoms with Crippen LogP contribution in [0.4, 0.5) is 10.9 Å². The minimum Gasteiger partial charge on any atom is -0.462 e. The number of carbonyl (C=O) groups excluding carboxylic acids is 3. The Balaban J connectivity index is 1.56. The summed E-state index contributed by atoms with van der Waals surface area (Å²) >= 11 is 1.20. The smallest absolute Gasteiger partial charge is 0.341 e. The van der Waals surface area contributed by atoms with E-state index in [1.807, 2.05) is 30.3 Å². The lowest BCUT2D eigenvalue weighted by Gasteiger charge is -2.09. The van der Waals surface area contributed by atoms with E-state index in [-0.39, 0.29) is 25.1 Å². The lowest BCUT2D eigenvalue weighted by Crippen LogP contribution is -2.22. The van der Waals surface area contributed by atoms with Crippen molar-refractivity contribution in [1.82, 2.24) is 9.97 Å². The normalized spacial score (nSPS) is 10.3. The molecule has 32 heavy (non-hydrogen) atoms. The number of thiophene rings is 1. The Morgan fingerprint density at radius 1 is 1.03 bits per heavy atom. The van der Waals surface area contributed by atoms with Gasteiger partial charge in [0.05, 0.1) is 13.0 Å². The molecule has 0 radical (unpaired) electrons. The Morgan fingerprint density at radius 3 is 2.50 bits per heavy atom. The fraction of sp³-hybridized carbons (Fsp3) is 0.227. The predicted molar refractivity (Wildman–Crippen MR) is 120 cm³/mol. The molecule has 0 saturated heterocycles. The van der Waals surface area contributed by atoms with Crippen LogP contribution in [0.3, 0.4) is 0 Å². The van der Waals surface area contributed by atoms with Crippen molar-refractivity contribution in [2.45, 2.75) is 13.3 Å². The first-order chi connectivity index (χ1) is 15.6.